The van der Waals surface area contributed by atoms with Gasteiger partial charge in [0, 0.05) is 19.0 Å². The number of hydrogen-bond donors (Lipinski definition) is 1. The highest BCUT2D eigenvalue weighted by Crippen LogP contribution is 2.28. The Morgan fingerprint density at radius 1 is 1.56 bits per heavy atom. The van der Waals surface area contributed by atoms with Gasteiger partial charge in [-0.3, -0.25) is 9.63 Å². The van der Waals surface area contributed by atoms with E-state index in [0.29, 0.717) is 0 Å². The summed E-state index contributed by atoms with van der Waals surface area (Å²) in [6.07, 6.45) is -4.98. The van der Waals surface area contributed by atoms with Crippen LogP contribution in [0.15, 0.2) is 24.3 Å². The lowest BCUT2D eigenvalue weighted by Gasteiger charge is -2.17. The van der Waals surface area contributed by atoms with E-state index in [1.54, 1.807) is 0 Å². The molecule has 1 N–H and O–H groups in total. The minimum atomic E-state index is -4.50. The number of aliphatic hydroxyl groups is 1. The normalized spacial score (nSPS) is 14.2. The SMILES string of the molecule is C=CC/C(=C\C[C@H](O)C(=O)N(C)OC)C(F)(F)F. The number of likely N-dealkylation sites (N-methyl/N-ethyl adjacent to an activating group) is 1. The van der Waals surface area contributed by atoms with Gasteiger partial charge in [-0.25, -0.2) is 5.06 Å². The second-order valence-corrected chi connectivity index (χ2v) is 3.49. The Balaban J connectivity index is 4.67. The number of alkyl halides is 3. The second-order valence-electron chi connectivity index (χ2n) is 3.49. The van der Waals surface area contributed by atoms with E-state index in [1.807, 2.05) is 0 Å². The van der Waals surface area contributed by atoms with Gasteiger partial charge in [-0.05, 0) is 6.42 Å². The van der Waals surface area contributed by atoms with Gasteiger partial charge in [-0.1, -0.05) is 12.2 Å². The maximum Gasteiger partial charge on any atom is 0.412 e. The van der Waals surface area contributed by atoms with Gasteiger partial charge in [0.2, 0.25) is 0 Å². The van der Waals surface area contributed by atoms with Gasteiger partial charge in [0.1, 0.15) is 6.10 Å². The summed E-state index contributed by atoms with van der Waals surface area (Å²) in [6.45, 7) is 3.22. The number of aliphatic hydroxyl groups excluding tert-OH is 1. The molecule has 104 valence electrons. The van der Waals surface area contributed by atoms with Crippen LogP contribution >= 0.6 is 0 Å². The maximum atomic E-state index is 12.5. The summed E-state index contributed by atoms with van der Waals surface area (Å²) in [4.78, 5) is 15.8. The molecule has 0 aliphatic carbocycles. The van der Waals surface area contributed by atoms with Crippen LogP contribution in [0, 0.1) is 0 Å². The number of hydroxylamine groups is 2. The predicted octanol–water partition coefficient (Wildman–Crippen LogP) is 1.82. The molecule has 0 bridgehead atoms. The van der Waals surface area contributed by atoms with Crippen molar-refractivity contribution in [3.8, 4) is 0 Å². The molecule has 0 saturated carbocycles. The van der Waals surface area contributed by atoms with Crippen molar-refractivity contribution in [1.29, 1.82) is 0 Å². The number of amides is 1. The third-order valence-electron chi connectivity index (χ3n) is 2.19. The molecular formula is C11H16F3NO3. The van der Waals surface area contributed by atoms with Crippen LogP contribution in [0.25, 0.3) is 0 Å². The lowest BCUT2D eigenvalue weighted by atomic mass is 10.1. The summed E-state index contributed by atoms with van der Waals surface area (Å²) in [7, 11) is 2.46. The summed E-state index contributed by atoms with van der Waals surface area (Å²) >= 11 is 0. The first-order valence-corrected chi connectivity index (χ1v) is 5.10. The van der Waals surface area contributed by atoms with E-state index >= 15 is 0 Å². The molecule has 0 rings (SSSR count). The number of allylic oxidation sites excluding steroid dienone is 2. The van der Waals surface area contributed by atoms with Gasteiger partial charge < -0.3 is 5.11 Å². The summed E-state index contributed by atoms with van der Waals surface area (Å²) < 4.78 is 37.4. The minimum absolute atomic E-state index is 0.371. The molecule has 0 aliphatic rings. The van der Waals surface area contributed by atoms with Crippen LogP contribution < -0.4 is 0 Å². The van der Waals surface area contributed by atoms with Crippen LogP contribution in [0.2, 0.25) is 0 Å². The van der Waals surface area contributed by atoms with Gasteiger partial charge in [0.25, 0.3) is 5.91 Å². The first-order valence-electron chi connectivity index (χ1n) is 5.10. The van der Waals surface area contributed by atoms with Crippen LogP contribution in [-0.4, -0.2) is 42.5 Å². The number of carbonyl (C=O) groups excluding carboxylic acids is 1. The molecule has 0 spiro atoms. The van der Waals surface area contributed by atoms with E-state index in [4.69, 9.17) is 0 Å². The molecule has 0 radical (unpaired) electrons. The fraction of sp³-hybridized carbons (Fsp3) is 0.545. The summed E-state index contributed by atoms with van der Waals surface area (Å²) in [5.74, 6) is -0.811. The van der Waals surface area contributed by atoms with E-state index in [-0.39, 0.29) is 6.42 Å². The van der Waals surface area contributed by atoms with E-state index < -0.39 is 30.2 Å². The first-order chi connectivity index (χ1) is 8.23. The molecule has 0 fully saturated rings. The van der Waals surface area contributed by atoms with Crippen molar-refractivity contribution >= 4 is 5.91 Å². The second kappa shape index (κ2) is 7.17. The zero-order valence-corrected chi connectivity index (χ0v) is 10.2. The van der Waals surface area contributed by atoms with Crippen molar-refractivity contribution in [1.82, 2.24) is 5.06 Å². The predicted molar refractivity (Wildman–Crippen MR) is 59.4 cm³/mol. The minimum Gasteiger partial charge on any atom is -0.383 e. The molecule has 0 aromatic carbocycles. The van der Waals surface area contributed by atoms with Crippen molar-refractivity contribution in [3.05, 3.63) is 24.3 Å². The van der Waals surface area contributed by atoms with E-state index in [9.17, 15) is 23.1 Å². The fourth-order valence-electron chi connectivity index (χ4n) is 1.12. The molecule has 7 heteroatoms. The van der Waals surface area contributed by atoms with Crippen LogP contribution in [0.5, 0.6) is 0 Å². The molecule has 0 aromatic rings. The molecule has 1 amide bonds. The Kier molecular flexibility index (Phi) is 6.64. The van der Waals surface area contributed by atoms with Crippen molar-refractivity contribution in [2.75, 3.05) is 14.2 Å². The number of nitrogens with zero attached hydrogens (tertiary/aromatic N) is 1. The average molecular weight is 267 g/mol. The average Bonchev–Trinajstić information content (AvgIpc) is 2.30. The van der Waals surface area contributed by atoms with Gasteiger partial charge in [0.15, 0.2) is 0 Å². The number of rotatable bonds is 6. The largest absolute Gasteiger partial charge is 0.412 e. The lowest BCUT2D eigenvalue weighted by molar-refractivity contribution is -0.177. The van der Waals surface area contributed by atoms with Crippen molar-refractivity contribution < 1.29 is 27.9 Å². The molecule has 1 atom stereocenters. The summed E-state index contributed by atoms with van der Waals surface area (Å²) in [5.41, 5.74) is -0.843. The zero-order chi connectivity index (χ0) is 14.3. The Morgan fingerprint density at radius 2 is 2.11 bits per heavy atom. The van der Waals surface area contributed by atoms with E-state index in [0.717, 1.165) is 17.2 Å². The fourth-order valence-corrected chi connectivity index (χ4v) is 1.12. The number of hydrogen-bond acceptors (Lipinski definition) is 3. The Morgan fingerprint density at radius 3 is 2.50 bits per heavy atom. The molecular weight excluding hydrogens is 251 g/mol. The van der Waals surface area contributed by atoms with Crippen molar-refractivity contribution in [2.45, 2.75) is 25.1 Å². The number of carbonyl (C=O) groups is 1. The third-order valence-corrected chi connectivity index (χ3v) is 2.19. The van der Waals surface area contributed by atoms with Gasteiger partial charge in [0.05, 0.1) is 7.11 Å². The lowest BCUT2D eigenvalue weighted by Crippen LogP contribution is -2.35. The van der Waals surface area contributed by atoms with Crippen LogP contribution in [0.4, 0.5) is 13.2 Å². The smallest absolute Gasteiger partial charge is 0.383 e. The Bertz CT molecular complexity index is 326. The van der Waals surface area contributed by atoms with Gasteiger partial charge in [-0.2, -0.15) is 13.2 Å². The highest BCUT2D eigenvalue weighted by atomic mass is 19.4. The van der Waals surface area contributed by atoms with Crippen molar-refractivity contribution in [2.24, 2.45) is 0 Å². The molecule has 0 unspecified atom stereocenters. The van der Waals surface area contributed by atoms with Gasteiger partial charge >= 0.3 is 6.18 Å². The molecule has 0 heterocycles. The monoisotopic (exact) mass is 267 g/mol. The standard InChI is InChI=1S/C11H16F3NO3/c1-4-5-8(11(12,13)14)6-7-9(16)10(17)15(2)18-3/h4,6,9,16H,1,5,7H2,2-3H3/b8-6+/t9-/m0/s1. The van der Waals surface area contributed by atoms with Crippen molar-refractivity contribution in [3.63, 3.8) is 0 Å². The highest BCUT2D eigenvalue weighted by molar-refractivity contribution is 5.79. The maximum absolute atomic E-state index is 12.5. The topological polar surface area (TPSA) is 49.8 Å². The quantitative estimate of drug-likeness (QED) is 0.590. The number of halogens is 3. The highest BCUT2D eigenvalue weighted by Gasteiger charge is 2.32. The molecule has 4 nitrogen and oxygen atoms in total. The molecule has 0 aliphatic heterocycles. The van der Waals surface area contributed by atoms with E-state index in [1.165, 1.54) is 14.2 Å². The molecule has 18 heavy (non-hydrogen) atoms. The van der Waals surface area contributed by atoms with Crippen LogP contribution in [0.3, 0.4) is 0 Å². The van der Waals surface area contributed by atoms with Gasteiger partial charge in [-0.15, -0.1) is 6.58 Å². The van der Waals surface area contributed by atoms with E-state index in [2.05, 4.69) is 11.4 Å². The third kappa shape index (κ3) is 5.33. The van der Waals surface area contributed by atoms with Crippen LogP contribution in [0.1, 0.15) is 12.8 Å². The summed E-state index contributed by atoms with van der Waals surface area (Å²) in [5, 5.41) is 10.1. The zero-order valence-electron chi connectivity index (χ0n) is 10.2. The van der Waals surface area contributed by atoms with Crippen LogP contribution in [-0.2, 0) is 9.63 Å². The molecule has 0 aromatic heterocycles. The Hall–Kier alpha value is -1.34. The molecule has 0 saturated heterocycles. The first kappa shape index (κ1) is 16.7. The Labute approximate surface area is 103 Å². The summed E-state index contributed by atoms with van der Waals surface area (Å²) in [6, 6.07) is 0.